The molecule has 0 saturated carbocycles. The fourth-order valence-corrected chi connectivity index (χ4v) is 10.1. The molecule has 0 radical (unpaired) electrons. The van der Waals surface area contributed by atoms with E-state index in [0.717, 1.165) is 12.0 Å². The van der Waals surface area contributed by atoms with Gasteiger partial charge in [0.2, 0.25) is 29.5 Å². The van der Waals surface area contributed by atoms with Crippen molar-refractivity contribution in [2.24, 2.45) is 5.41 Å². The normalized spacial score (nSPS) is 18.3. The summed E-state index contributed by atoms with van der Waals surface area (Å²) >= 11 is 0. The van der Waals surface area contributed by atoms with E-state index in [4.69, 9.17) is 26.8 Å². The summed E-state index contributed by atoms with van der Waals surface area (Å²) in [5.74, 6) is -2.15. The molecule has 5 heterocycles. The van der Waals surface area contributed by atoms with E-state index in [-0.39, 0.29) is 125 Å². The lowest BCUT2D eigenvalue weighted by Gasteiger charge is -2.36. The molecule has 0 spiro atoms. The van der Waals surface area contributed by atoms with Crippen molar-refractivity contribution in [2.45, 2.75) is 122 Å². The first-order chi connectivity index (χ1) is 37.3. The van der Waals surface area contributed by atoms with Crippen LogP contribution in [-0.2, 0) is 46.5 Å². The third-order valence-corrected chi connectivity index (χ3v) is 14.4. The number of anilines is 2. The standard InChI is InChI=1S/C55H73FN14O8/c1-9-39(34-14-11-10-12-15-34)64-52(74)42-29-38(31-69(42)54(76)47(55(3,4)5)65-51(73)33(2)58-6)62-45(72)18-23-78-25-24-77-22-17-44(71)60-19-21-70-43-32-67(8)53(75)36-26-35(27-37(56)28-36)41-16-13-20-68(41)50-48(57)61-30-40(63-50)46(43)49(59-7)66-70/h10-12,14-15,26-28,30,33,38-39,41-42,47,58H,9,13,16-25,29,31-32H2,1-6,8H3,(H2,57,61)(H,60,71)(H,62,72)(H,64,74)(H,65,73)/t33-,38-,39+,41-,42-,47+/m1/s1. The van der Waals surface area contributed by atoms with Crippen LogP contribution in [0.25, 0.3) is 16.1 Å². The number of benzene rings is 2. The van der Waals surface area contributed by atoms with Crippen LogP contribution in [0.3, 0.4) is 0 Å². The van der Waals surface area contributed by atoms with Crippen molar-refractivity contribution in [3.8, 4) is 11.3 Å². The number of hydrogen-bond donors (Lipinski definition) is 6. The van der Waals surface area contributed by atoms with Crippen molar-refractivity contribution in [2.75, 3.05) is 70.8 Å². The van der Waals surface area contributed by atoms with Crippen LogP contribution in [0.1, 0.15) is 112 Å². The second-order valence-corrected chi connectivity index (χ2v) is 21.0. The molecule has 22 nitrogen and oxygen atoms in total. The summed E-state index contributed by atoms with van der Waals surface area (Å²) in [5.41, 5.74) is 8.58. The zero-order valence-corrected chi connectivity index (χ0v) is 45.6. The Morgan fingerprint density at radius 3 is 2.40 bits per heavy atom. The van der Waals surface area contributed by atoms with Gasteiger partial charge in [0.25, 0.3) is 5.91 Å². The van der Waals surface area contributed by atoms with E-state index < -0.39 is 47.2 Å². The van der Waals surface area contributed by atoms with Crippen molar-refractivity contribution < 1.29 is 42.6 Å². The lowest BCUT2D eigenvalue weighted by Crippen LogP contribution is -2.59. The van der Waals surface area contributed by atoms with Crippen LogP contribution in [0.5, 0.6) is 0 Å². The molecule has 3 aliphatic rings. The first-order valence-corrected chi connectivity index (χ1v) is 26.6. The number of aromatic nitrogens is 4. The van der Waals surface area contributed by atoms with E-state index in [9.17, 15) is 28.8 Å². The number of ether oxygens (including phenoxy) is 2. The molecule has 4 aromatic rings. The molecule has 3 aliphatic heterocycles. The summed E-state index contributed by atoms with van der Waals surface area (Å²) in [6.45, 7) is 18.5. The van der Waals surface area contributed by atoms with Crippen LogP contribution in [0.2, 0.25) is 0 Å². The van der Waals surface area contributed by atoms with E-state index in [1.165, 1.54) is 28.1 Å². The smallest absolute Gasteiger partial charge is 0.305 e. The molecule has 6 atom stereocenters. The van der Waals surface area contributed by atoms with Gasteiger partial charge in [-0.15, -0.1) is 0 Å². The zero-order chi connectivity index (χ0) is 56.3. The Morgan fingerprint density at radius 2 is 1.72 bits per heavy atom. The minimum atomic E-state index is -0.954. The molecule has 418 valence electrons. The van der Waals surface area contributed by atoms with Gasteiger partial charge in [0.15, 0.2) is 11.6 Å². The zero-order valence-electron chi connectivity index (χ0n) is 45.6. The molecule has 78 heavy (non-hydrogen) atoms. The highest BCUT2D eigenvalue weighted by Gasteiger charge is 2.46. The average molecular weight is 1080 g/mol. The Bertz CT molecular complexity index is 2850. The van der Waals surface area contributed by atoms with Gasteiger partial charge in [-0.1, -0.05) is 64.6 Å². The third-order valence-electron chi connectivity index (χ3n) is 14.4. The maximum Gasteiger partial charge on any atom is 0.305 e. The van der Waals surface area contributed by atoms with Crippen LogP contribution in [-0.4, -0.2) is 149 Å². The Balaban J connectivity index is 0.883. The molecule has 0 unspecified atom stereocenters. The number of fused-ring (bicyclic) bond motifs is 9. The lowest BCUT2D eigenvalue weighted by molar-refractivity contribution is -0.144. The molecule has 2 aromatic carbocycles. The van der Waals surface area contributed by atoms with E-state index in [2.05, 4.69) is 41.5 Å². The Kier molecular flexibility index (Phi) is 19.5. The lowest BCUT2D eigenvalue weighted by atomic mass is 9.85. The van der Waals surface area contributed by atoms with Gasteiger partial charge in [0, 0.05) is 51.1 Å². The highest BCUT2D eigenvalue weighted by Crippen LogP contribution is 2.41. The van der Waals surface area contributed by atoms with Gasteiger partial charge in [0.1, 0.15) is 17.9 Å². The maximum absolute atomic E-state index is 15.1. The van der Waals surface area contributed by atoms with Crippen molar-refractivity contribution in [3.05, 3.63) is 94.3 Å². The van der Waals surface area contributed by atoms with Crippen molar-refractivity contribution in [1.29, 1.82) is 0 Å². The fraction of sp³-hybridized carbons (Fsp3) is 0.527. The van der Waals surface area contributed by atoms with Crippen molar-refractivity contribution in [3.63, 3.8) is 0 Å². The summed E-state index contributed by atoms with van der Waals surface area (Å²) < 4.78 is 28.0. The van der Waals surface area contributed by atoms with Crippen LogP contribution < -0.4 is 37.2 Å². The van der Waals surface area contributed by atoms with Crippen molar-refractivity contribution in [1.82, 2.24) is 56.1 Å². The molecule has 7 N–H and O–H groups in total. The number of nitrogens with two attached hydrogens (primary N) is 1. The first kappa shape index (κ1) is 58.1. The van der Waals surface area contributed by atoms with E-state index >= 15 is 4.39 Å². The number of carbonyl (C=O) groups is 6. The Labute approximate surface area is 454 Å². The van der Waals surface area contributed by atoms with E-state index in [1.54, 1.807) is 31.8 Å². The van der Waals surface area contributed by atoms with Crippen LogP contribution in [0.4, 0.5) is 21.8 Å². The van der Waals surface area contributed by atoms with Crippen LogP contribution in [0.15, 0.2) is 54.7 Å². The number of nitrogen functional groups attached to an aromatic ring is 1. The number of halogens is 1. The minimum absolute atomic E-state index is 0.00291. The molecule has 2 saturated heterocycles. The first-order valence-electron chi connectivity index (χ1n) is 26.6. The highest BCUT2D eigenvalue weighted by atomic mass is 19.1. The number of rotatable bonds is 21. The summed E-state index contributed by atoms with van der Waals surface area (Å²) in [5, 5.41) is 19.3. The monoisotopic (exact) mass is 1080 g/mol. The molecule has 23 heteroatoms. The topological polar surface area (TPSA) is 265 Å². The van der Waals surface area contributed by atoms with E-state index in [0.29, 0.717) is 47.7 Å². The summed E-state index contributed by atoms with van der Waals surface area (Å²) in [6, 6.07) is 10.3. The van der Waals surface area contributed by atoms with Gasteiger partial charge in [-0.3, -0.25) is 28.8 Å². The summed E-state index contributed by atoms with van der Waals surface area (Å²) in [6.07, 6.45) is 3.75. The van der Waals surface area contributed by atoms with Gasteiger partial charge in [-0.25, -0.2) is 14.4 Å². The molecule has 6 amide bonds. The highest BCUT2D eigenvalue weighted by molar-refractivity contribution is 5.95. The predicted octanol–water partition coefficient (Wildman–Crippen LogP) is 3.96. The number of carbonyl (C=O) groups excluding carboxylic acids is 6. The largest absolute Gasteiger partial charge is 0.381 e. The number of likely N-dealkylation sites (tertiary alicyclic amines) is 1. The Hall–Kier alpha value is -7.55. The molecule has 2 fully saturated rings. The molecule has 0 aliphatic carbocycles. The molecule has 4 bridgehead atoms. The number of amides is 6. The number of nitrogens with zero attached hydrogens (tertiary/aromatic N) is 8. The minimum Gasteiger partial charge on any atom is -0.381 e. The van der Waals surface area contributed by atoms with Crippen molar-refractivity contribution >= 4 is 52.9 Å². The van der Waals surface area contributed by atoms with Gasteiger partial charge >= 0.3 is 5.82 Å². The predicted molar refractivity (Wildman–Crippen MR) is 289 cm³/mol. The van der Waals surface area contributed by atoms with Gasteiger partial charge < -0.3 is 61.3 Å². The Morgan fingerprint density at radius 1 is 1.00 bits per heavy atom. The maximum atomic E-state index is 15.1. The third kappa shape index (κ3) is 14.1. The van der Waals surface area contributed by atoms with Crippen LogP contribution in [0, 0.1) is 17.8 Å². The molecular formula is C55H73FN14O8. The summed E-state index contributed by atoms with van der Waals surface area (Å²) in [7, 11) is 3.24. The molecule has 7 rings (SSSR count). The van der Waals surface area contributed by atoms with E-state index in [1.807, 2.05) is 62.9 Å². The second kappa shape index (κ2) is 26.2. The molecule has 2 aromatic heterocycles. The number of nitrogens with one attached hydrogen (secondary N) is 5. The second-order valence-electron chi connectivity index (χ2n) is 21.0. The molecular weight excluding hydrogens is 1000 g/mol. The number of likely N-dealkylation sites (N-methyl/N-ethyl adjacent to an activating group) is 1. The SMILES string of the molecule is [C-]#[N+]c1nn(CCNC(=O)CCOCCOCCC(=O)N[C@@H]2C[C@H](C(=O)N[C@@H](CC)c3ccccc3)N(C(=O)[C@H](NC(=O)[C@@H](C)NC)C(C)(C)C)C2)c2c1-c1cnc(N)c(n1)N1CCC[C@@H]1c1cc(F)cc(c1)C(=O)N(C)C2. The van der Waals surface area contributed by atoms with Gasteiger partial charge in [0.05, 0.1) is 80.8 Å². The fourth-order valence-electron chi connectivity index (χ4n) is 10.1. The van der Waals surface area contributed by atoms with Gasteiger partial charge in [-0.05, 0) is 79.5 Å². The average Bonchev–Trinajstić information content (AvgIpc) is 4.17. The van der Waals surface area contributed by atoms with Crippen LogP contribution >= 0.6 is 0 Å². The summed E-state index contributed by atoms with van der Waals surface area (Å²) in [4.78, 5) is 99.4. The van der Waals surface area contributed by atoms with Gasteiger partial charge in [-0.2, -0.15) is 4.68 Å². The quantitative estimate of drug-likeness (QED) is 0.0510. The number of hydrogen-bond acceptors (Lipinski definition) is 14.